The predicted molar refractivity (Wildman–Crippen MR) is 101 cm³/mol. The molecule has 4 nitrogen and oxygen atoms in total. The van der Waals surface area contributed by atoms with Crippen molar-refractivity contribution in [3.63, 3.8) is 0 Å². The van der Waals surface area contributed by atoms with Gasteiger partial charge in [-0.15, -0.1) is 0 Å². The van der Waals surface area contributed by atoms with E-state index >= 15 is 0 Å². The van der Waals surface area contributed by atoms with E-state index in [0.717, 1.165) is 16.7 Å². The van der Waals surface area contributed by atoms with Gasteiger partial charge >= 0.3 is 11.9 Å². The topological polar surface area (TPSA) is 46.6 Å². The minimum absolute atomic E-state index is 0.345. The molecule has 4 heteroatoms. The van der Waals surface area contributed by atoms with Gasteiger partial charge in [0.15, 0.2) is 6.10 Å². The summed E-state index contributed by atoms with van der Waals surface area (Å²) in [5.74, 6) is -1.42. The third-order valence-corrected chi connectivity index (χ3v) is 4.76. The van der Waals surface area contributed by atoms with Gasteiger partial charge in [-0.05, 0) is 16.7 Å². The van der Waals surface area contributed by atoms with Crippen molar-refractivity contribution in [1.82, 2.24) is 4.90 Å². The molecule has 0 N–H and O–H groups in total. The summed E-state index contributed by atoms with van der Waals surface area (Å²) in [6.45, 7) is 0.345. The fourth-order valence-corrected chi connectivity index (χ4v) is 3.49. The zero-order chi connectivity index (χ0) is 18.6. The maximum Gasteiger partial charge on any atom is 0.397 e. The van der Waals surface area contributed by atoms with Crippen molar-refractivity contribution in [2.75, 3.05) is 0 Å². The molecule has 4 rings (SSSR count). The summed E-state index contributed by atoms with van der Waals surface area (Å²) >= 11 is 0. The van der Waals surface area contributed by atoms with Crippen LogP contribution in [-0.2, 0) is 20.9 Å². The van der Waals surface area contributed by atoms with Crippen LogP contribution in [0.15, 0.2) is 91.0 Å². The molecule has 2 atom stereocenters. The predicted octanol–water partition coefficient (Wildman–Crippen LogP) is 4.05. The number of cyclic esters (lactones) is 1. The minimum atomic E-state index is -0.813. The maximum absolute atomic E-state index is 12.7. The average Bonchev–Trinajstić information content (AvgIpc) is 2.73. The number of morpholine rings is 1. The van der Waals surface area contributed by atoms with Crippen LogP contribution in [0.4, 0.5) is 0 Å². The van der Waals surface area contributed by atoms with E-state index in [9.17, 15) is 9.59 Å². The Bertz CT molecular complexity index is 926. The highest BCUT2D eigenvalue weighted by Crippen LogP contribution is 2.41. The van der Waals surface area contributed by atoms with Crippen LogP contribution in [0.2, 0.25) is 0 Å². The van der Waals surface area contributed by atoms with Gasteiger partial charge in [0.25, 0.3) is 0 Å². The van der Waals surface area contributed by atoms with Crippen molar-refractivity contribution in [3.8, 4) is 0 Å². The molecular formula is C23H19NO3. The largest absolute Gasteiger partial charge is 0.448 e. The SMILES string of the molecule is O=C1O[C@H](c2ccccc2)[C@@H](c2ccccc2)N(Cc2ccccc2)C1=O. The number of hydrogen-bond donors (Lipinski definition) is 0. The van der Waals surface area contributed by atoms with Gasteiger partial charge < -0.3 is 9.64 Å². The van der Waals surface area contributed by atoms with Crippen LogP contribution in [-0.4, -0.2) is 16.8 Å². The van der Waals surface area contributed by atoms with Crippen LogP contribution in [0.3, 0.4) is 0 Å². The summed E-state index contributed by atoms with van der Waals surface area (Å²) in [7, 11) is 0. The lowest BCUT2D eigenvalue weighted by Gasteiger charge is -2.40. The third-order valence-electron chi connectivity index (χ3n) is 4.76. The van der Waals surface area contributed by atoms with Gasteiger partial charge in [-0.1, -0.05) is 91.0 Å². The van der Waals surface area contributed by atoms with Crippen molar-refractivity contribution in [2.24, 2.45) is 0 Å². The molecule has 0 aromatic heterocycles. The number of rotatable bonds is 4. The Labute approximate surface area is 158 Å². The van der Waals surface area contributed by atoms with E-state index in [1.54, 1.807) is 4.90 Å². The standard InChI is InChI=1S/C23H19NO3/c25-22-23(26)27-21(19-14-8-3-9-15-19)20(18-12-6-2-7-13-18)24(22)16-17-10-4-1-5-11-17/h1-15,20-21H,16H2/t20-,21-/m1/s1. The molecular weight excluding hydrogens is 338 g/mol. The molecule has 1 amide bonds. The van der Waals surface area contributed by atoms with Crippen molar-refractivity contribution in [2.45, 2.75) is 18.7 Å². The first kappa shape index (κ1) is 17.0. The van der Waals surface area contributed by atoms with Crippen molar-refractivity contribution in [3.05, 3.63) is 108 Å². The summed E-state index contributed by atoms with van der Waals surface area (Å²) in [5, 5.41) is 0. The van der Waals surface area contributed by atoms with Crippen LogP contribution >= 0.6 is 0 Å². The second kappa shape index (κ2) is 7.46. The van der Waals surface area contributed by atoms with Crippen LogP contribution in [0.1, 0.15) is 28.8 Å². The summed E-state index contributed by atoms with van der Waals surface area (Å²) in [4.78, 5) is 26.7. The zero-order valence-electron chi connectivity index (χ0n) is 14.7. The molecule has 1 aliphatic heterocycles. The van der Waals surface area contributed by atoms with Gasteiger partial charge in [-0.25, -0.2) is 4.79 Å². The van der Waals surface area contributed by atoms with E-state index in [-0.39, 0.29) is 6.04 Å². The lowest BCUT2D eigenvalue weighted by Crippen LogP contribution is -2.48. The summed E-state index contributed by atoms with van der Waals surface area (Å²) in [6.07, 6.45) is -0.553. The van der Waals surface area contributed by atoms with Gasteiger partial charge in [0.05, 0.1) is 6.04 Å². The first-order valence-electron chi connectivity index (χ1n) is 8.89. The number of ether oxygens (including phenoxy) is 1. The molecule has 3 aromatic rings. The quantitative estimate of drug-likeness (QED) is 0.523. The molecule has 3 aromatic carbocycles. The molecule has 0 bridgehead atoms. The smallest absolute Gasteiger partial charge is 0.397 e. The Morgan fingerprint density at radius 3 is 1.81 bits per heavy atom. The first-order valence-corrected chi connectivity index (χ1v) is 8.89. The zero-order valence-corrected chi connectivity index (χ0v) is 14.7. The van der Waals surface area contributed by atoms with Gasteiger partial charge in [-0.2, -0.15) is 0 Å². The van der Waals surface area contributed by atoms with E-state index in [1.807, 2.05) is 91.0 Å². The highest BCUT2D eigenvalue weighted by molar-refractivity contribution is 6.33. The number of carbonyl (C=O) groups is 2. The number of esters is 1. The molecule has 0 saturated carbocycles. The monoisotopic (exact) mass is 357 g/mol. The molecule has 1 saturated heterocycles. The molecule has 1 fully saturated rings. The van der Waals surface area contributed by atoms with E-state index in [4.69, 9.17) is 4.74 Å². The summed E-state index contributed by atoms with van der Waals surface area (Å²) in [6, 6.07) is 28.6. The number of benzene rings is 3. The van der Waals surface area contributed by atoms with E-state index in [1.165, 1.54) is 0 Å². The van der Waals surface area contributed by atoms with Crippen LogP contribution in [0, 0.1) is 0 Å². The van der Waals surface area contributed by atoms with Crippen LogP contribution < -0.4 is 0 Å². The number of carbonyl (C=O) groups excluding carboxylic acids is 2. The Morgan fingerprint density at radius 2 is 1.22 bits per heavy atom. The fraction of sp³-hybridized carbons (Fsp3) is 0.130. The Balaban J connectivity index is 1.79. The van der Waals surface area contributed by atoms with E-state index < -0.39 is 18.0 Å². The molecule has 134 valence electrons. The van der Waals surface area contributed by atoms with Crippen molar-refractivity contribution in [1.29, 1.82) is 0 Å². The molecule has 0 radical (unpaired) electrons. The van der Waals surface area contributed by atoms with E-state index in [2.05, 4.69) is 0 Å². The van der Waals surface area contributed by atoms with Gasteiger partial charge in [0.1, 0.15) is 0 Å². The number of hydrogen-bond acceptors (Lipinski definition) is 3. The molecule has 0 spiro atoms. The van der Waals surface area contributed by atoms with Gasteiger partial charge in [-0.3, -0.25) is 4.79 Å². The summed E-state index contributed by atoms with van der Waals surface area (Å²) < 4.78 is 5.59. The van der Waals surface area contributed by atoms with Crippen LogP contribution in [0.5, 0.6) is 0 Å². The Morgan fingerprint density at radius 1 is 0.704 bits per heavy atom. The minimum Gasteiger partial charge on any atom is -0.448 e. The highest BCUT2D eigenvalue weighted by atomic mass is 16.6. The normalized spacial score (nSPS) is 19.6. The van der Waals surface area contributed by atoms with Crippen molar-refractivity contribution < 1.29 is 14.3 Å². The molecule has 0 aliphatic carbocycles. The number of amides is 1. The molecule has 1 aliphatic rings. The second-order valence-electron chi connectivity index (χ2n) is 6.51. The second-order valence-corrected chi connectivity index (χ2v) is 6.51. The fourth-order valence-electron chi connectivity index (χ4n) is 3.49. The highest BCUT2D eigenvalue weighted by Gasteiger charge is 2.44. The lowest BCUT2D eigenvalue weighted by molar-refractivity contribution is -0.180. The van der Waals surface area contributed by atoms with Gasteiger partial charge in [0, 0.05) is 6.54 Å². The maximum atomic E-state index is 12.7. The van der Waals surface area contributed by atoms with Crippen LogP contribution in [0.25, 0.3) is 0 Å². The summed E-state index contributed by atoms with van der Waals surface area (Å²) in [5.41, 5.74) is 2.77. The average molecular weight is 357 g/mol. The van der Waals surface area contributed by atoms with E-state index in [0.29, 0.717) is 6.54 Å². The Hall–Kier alpha value is -3.40. The van der Waals surface area contributed by atoms with Gasteiger partial charge in [0.2, 0.25) is 0 Å². The molecule has 1 heterocycles. The molecule has 0 unspecified atom stereocenters. The third kappa shape index (κ3) is 3.47. The molecule has 27 heavy (non-hydrogen) atoms. The van der Waals surface area contributed by atoms with Crippen molar-refractivity contribution >= 4 is 11.9 Å². The Kier molecular flexibility index (Phi) is 4.71. The lowest BCUT2D eigenvalue weighted by atomic mass is 9.92. The first-order chi connectivity index (χ1) is 13.2. The number of nitrogens with zero attached hydrogens (tertiary/aromatic N) is 1.